The molecular weight excluding hydrogens is 304 g/mol. The van der Waals surface area contributed by atoms with Gasteiger partial charge in [-0.3, -0.25) is 9.59 Å². The molecule has 0 bridgehead atoms. The highest BCUT2D eigenvalue weighted by Crippen LogP contribution is 2.36. The van der Waals surface area contributed by atoms with E-state index in [2.05, 4.69) is 10.6 Å². The Hall–Kier alpha value is -2.53. The quantitative estimate of drug-likeness (QED) is 0.893. The molecule has 1 atom stereocenters. The average molecular weight is 317 g/mol. The van der Waals surface area contributed by atoms with Crippen LogP contribution in [-0.4, -0.2) is 17.9 Å². The van der Waals surface area contributed by atoms with Crippen molar-refractivity contribution in [3.05, 3.63) is 53.1 Å². The molecule has 0 fully saturated rings. The topological polar surface area (TPSA) is 67.4 Å². The van der Waals surface area contributed by atoms with Crippen molar-refractivity contribution in [1.82, 2.24) is 0 Å². The zero-order valence-corrected chi connectivity index (χ0v) is 12.5. The van der Waals surface area contributed by atoms with E-state index < -0.39 is 6.10 Å². The van der Waals surface area contributed by atoms with Gasteiger partial charge in [-0.2, -0.15) is 0 Å². The largest absolute Gasteiger partial charge is 0.479 e. The Labute approximate surface area is 132 Å². The Balaban J connectivity index is 1.89. The smallest absolute Gasteiger partial charge is 0.265 e. The van der Waals surface area contributed by atoms with Crippen LogP contribution in [0.2, 0.25) is 5.02 Å². The first kappa shape index (κ1) is 14.4. The summed E-state index contributed by atoms with van der Waals surface area (Å²) in [6.07, 6.45) is -0.564. The molecule has 0 saturated heterocycles. The number of rotatable bonds is 2. The third kappa shape index (κ3) is 2.76. The fraction of sp³-hybridized carbons (Fsp3) is 0.125. The van der Waals surface area contributed by atoms with Gasteiger partial charge in [0.15, 0.2) is 6.10 Å². The first-order valence-corrected chi connectivity index (χ1v) is 7.10. The number of para-hydroxylation sites is 1. The van der Waals surface area contributed by atoms with E-state index >= 15 is 0 Å². The number of hydrogen-bond donors (Lipinski definition) is 2. The van der Waals surface area contributed by atoms with Gasteiger partial charge in [-0.1, -0.05) is 23.7 Å². The van der Waals surface area contributed by atoms with Crippen molar-refractivity contribution in [2.45, 2.75) is 13.0 Å². The van der Waals surface area contributed by atoms with Crippen LogP contribution in [0.25, 0.3) is 0 Å². The Bertz CT molecular complexity index is 761. The molecule has 2 N–H and O–H groups in total. The normalized spacial score (nSPS) is 16.3. The summed E-state index contributed by atoms with van der Waals surface area (Å²) in [7, 11) is 0. The van der Waals surface area contributed by atoms with Gasteiger partial charge in [0, 0.05) is 10.6 Å². The van der Waals surface area contributed by atoms with Crippen LogP contribution in [0.3, 0.4) is 0 Å². The summed E-state index contributed by atoms with van der Waals surface area (Å²) in [6.45, 7) is 1.66. The Morgan fingerprint density at radius 3 is 2.82 bits per heavy atom. The van der Waals surface area contributed by atoms with Gasteiger partial charge >= 0.3 is 0 Å². The van der Waals surface area contributed by atoms with Crippen molar-refractivity contribution in [3.8, 4) is 5.75 Å². The summed E-state index contributed by atoms with van der Waals surface area (Å²) in [5.41, 5.74) is 1.37. The number of amides is 2. The van der Waals surface area contributed by atoms with Gasteiger partial charge in [-0.25, -0.2) is 0 Å². The van der Waals surface area contributed by atoms with Crippen molar-refractivity contribution in [3.63, 3.8) is 0 Å². The molecule has 1 aliphatic rings. The summed E-state index contributed by atoms with van der Waals surface area (Å²) in [5, 5.41) is 5.98. The molecule has 22 heavy (non-hydrogen) atoms. The van der Waals surface area contributed by atoms with E-state index in [1.807, 2.05) is 0 Å². The number of nitrogens with one attached hydrogen (secondary N) is 2. The molecule has 0 aliphatic carbocycles. The van der Waals surface area contributed by atoms with E-state index in [0.717, 1.165) is 0 Å². The van der Waals surface area contributed by atoms with E-state index in [0.29, 0.717) is 27.7 Å². The zero-order chi connectivity index (χ0) is 15.7. The van der Waals surface area contributed by atoms with Gasteiger partial charge in [0.05, 0.1) is 5.69 Å². The molecule has 112 valence electrons. The maximum atomic E-state index is 12.3. The number of ether oxygens (including phenoxy) is 1. The molecule has 1 unspecified atom stereocenters. The number of carbonyl (C=O) groups is 2. The maximum Gasteiger partial charge on any atom is 0.265 e. The molecule has 3 rings (SSSR count). The van der Waals surface area contributed by atoms with Crippen LogP contribution in [0.1, 0.15) is 17.3 Å². The molecule has 1 heterocycles. The lowest BCUT2D eigenvalue weighted by Crippen LogP contribution is -2.34. The van der Waals surface area contributed by atoms with Crippen LogP contribution < -0.4 is 15.4 Å². The van der Waals surface area contributed by atoms with Crippen molar-refractivity contribution < 1.29 is 14.3 Å². The molecule has 0 aromatic heterocycles. The van der Waals surface area contributed by atoms with Gasteiger partial charge in [0.1, 0.15) is 11.4 Å². The predicted octanol–water partition coefficient (Wildman–Crippen LogP) is 3.31. The van der Waals surface area contributed by atoms with Crippen LogP contribution in [-0.2, 0) is 4.79 Å². The van der Waals surface area contributed by atoms with E-state index in [4.69, 9.17) is 16.3 Å². The number of carbonyl (C=O) groups excluding carboxylic acids is 2. The minimum atomic E-state index is -0.564. The zero-order valence-electron chi connectivity index (χ0n) is 11.7. The number of anilines is 2. The summed E-state index contributed by atoms with van der Waals surface area (Å²) < 4.78 is 5.51. The number of fused-ring (bicyclic) bond motifs is 1. The fourth-order valence-electron chi connectivity index (χ4n) is 2.16. The third-order valence-corrected chi connectivity index (χ3v) is 3.52. The van der Waals surface area contributed by atoms with Crippen LogP contribution in [0, 0.1) is 0 Å². The molecule has 0 spiro atoms. The van der Waals surface area contributed by atoms with Gasteiger partial charge in [0.25, 0.3) is 11.8 Å². The molecular formula is C16H13ClN2O3. The Morgan fingerprint density at radius 2 is 2.05 bits per heavy atom. The molecule has 2 aromatic carbocycles. The molecule has 1 aliphatic heterocycles. The fourth-order valence-corrected chi connectivity index (χ4v) is 2.35. The molecule has 0 radical (unpaired) electrons. The lowest BCUT2D eigenvalue weighted by Gasteiger charge is -2.25. The second-order valence-corrected chi connectivity index (χ2v) is 5.33. The van der Waals surface area contributed by atoms with Gasteiger partial charge in [-0.15, -0.1) is 0 Å². The first-order chi connectivity index (χ1) is 10.5. The van der Waals surface area contributed by atoms with E-state index in [1.165, 1.54) is 0 Å². The summed E-state index contributed by atoms with van der Waals surface area (Å²) in [5.74, 6) is -0.0447. The van der Waals surface area contributed by atoms with E-state index in [-0.39, 0.29) is 11.8 Å². The highest BCUT2D eigenvalue weighted by Gasteiger charge is 2.26. The van der Waals surface area contributed by atoms with Crippen LogP contribution in [0.4, 0.5) is 11.4 Å². The molecule has 2 aromatic rings. The SMILES string of the molecule is CC1Oc2cccc(NC(=O)c3cccc(Cl)c3)c2NC1=O. The highest BCUT2D eigenvalue weighted by molar-refractivity contribution is 6.31. The lowest BCUT2D eigenvalue weighted by molar-refractivity contribution is -0.122. The molecule has 2 amide bonds. The molecule has 6 heteroatoms. The Morgan fingerprint density at radius 1 is 1.27 bits per heavy atom. The highest BCUT2D eigenvalue weighted by atomic mass is 35.5. The van der Waals surface area contributed by atoms with Gasteiger partial charge in [0.2, 0.25) is 0 Å². The van der Waals surface area contributed by atoms with Crippen molar-refractivity contribution in [2.75, 3.05) is 10.6 Å². The van der Waals surface area contributed by atoms with Crippen LogP contribution in [0.15, 0.2) is 42.5 Å². The van der Waals surface area contributed by atoms with Crippen molar-refractivity contribution in [1.29, 1.82) is 0 Å². The van der Waals surface area contributed by atoms with Crippen molar-refractivity contribution in [2.24, 2.45) is 0 Å². The minimum absolute atomic E-state index is 0.253. The molecule has 0 saturated carbocycles. The van der Waals surface area contributed by atoms with E-state index in [1.54, 1.807) is 49.4 Å². The van der Waals surface area contributed by atoms with Gasteiger partial charge in [-0.05, 0) is 37.3 Å². The van der Waals surface area contributed by atoms with Crippen LogP contribution >= 0.6 is 11.6 Å². The summed E-state index contributed by atoms with van der Waals surface area (Å²) in [4.78, 5) is 24.0. The predicted molar refractivity (Wildman–Crippen MR) is 84.6 cm³/mol. The number of benzene rings is 2. The summed E-state index contributed by atoms with van der Waals surface area (Å²) >= 11 is 5.89. The second kappa shape index (κ2) is 5.69. The number of halogens is 1. The van der Waals surface area contributed by atoms with Gasteiger partial charge < -0.3 is 15.4 Å². The Kier molecular flexibility index (Phi) is 3.73. The maximum absolute atomic E-state index is 12.3. The number of hydrogen-bond acceptors (Lipinski definition) is 3. The molecule has 5 nitrogen and oxygen atoms in total. The van der Waals surface area contributed by atoms with Crippen LogP contribution in [0.5, 0.6) is 5.75 Å². The third-order valence-electron chi connectivity index (χ3n) is 3.28. The monoisotopic (exact) mass is 316 g/mol. The lowest BCUT2D eigenvalue weighted by atomic mass is 10.1. The minimum Gasteiger partial charge on any atom is -0.479 e. The van der Waals surface area contributed by atoms with E-state index in [9.17, 15) is 9.59 Å². The standard InChI is InChI=1S/C16H13ClN2O3/c1-9-15(20)19-14-12(6-3-7-13(14)22-9)18-16(21)10-4-2-5-11(17)8-10/h2-9H,1H3,(H,18,21)(H,19,20). The average Bonchev–Trinajstić information content (AvgIpc) is 2.49. The first-order valence-electron chi connectivity index (χ1n) is 6.72. The van der Waals surface area contributed by atoms with Crippen molar-refractivity contribution >= 4 is 34.8 Å². The summed E-state index contributed by atoms with van der Waals surface area (Å²) in [6, 6.07) is 11.8. The second-order valence-electron chi connectivity index (χ2n) is 4.89.